The average molecular weight is 246 g/mol. The average Bonchev–Trinajstić information content (AvgIpc) is 2.37. The van der Waals surface area contributed by atoms with E-state index in [0.29, 0.717) is 17.8 Å². The summed E-state index contributed by atoms with van der Waals surface area (Å²) in [7, 11) is 3.44. The zero-order chi connectivity index (χ0) is 13.7. The third-order valence-corrected chi connectivity index (χ3v) is 2.70. The highest BCUT2D eigenvalue weighted by atomic mass is 16.1. The Morgan fingerprint density at radius 1 is 1.61 bits per heavy atom. The molecule has 5 heteroatoms. The van der Waals surface area contributed by atoms with Gasteiger partial charge >= 0.3 is 0 Å². The Morgan fingerprint density at radius 2 is 2.28 bits per heavy atom. The molecule has 18 heavy (non-hydrogen) atoms. The van der Waals surface area contributed by atoms with Gasteiger partial charge in [0.25, 0.3) is 5.91 Å². The van der Waals surface area contributed by atoms with Crippen LogP contribution >= 0.6 is 0 Å². The maximum Gasteiger partial charge on any atom is 0.251 e. The number of nitrogen functional groups attached to an aromatic ring is 1. The zero-order valence-corrected chi connectivity index (χ0v) is 10.9. The van der Waals surface area contributed by atoms with Gasteiger partial charge in [0.1, 0.15) is 0 Å². The minimum Gasteiger partial charge on any atom is -0.397 e. The fraction of sp³-hybridized carbons (Fsp3) is 0.385. The molecule has 0 aliphatic rings. The number of benzene rings is 1. The molecule has 0 saturated heterocycles. The highest BCUT2D eigenvalue weighted by Gasteiger charge is 2.12. The van der Waals surface area contributed by atoms with E-state index in [1.54, 1.807) is 25.2 Å². The van der Waals surface area contributed by atoms with E-state index in [0.717, 1.165) is 5.69 Å². The van der Waals surface area contributed by atoms with E-state index >= 15 is 0 Å². The molecule has 1 atom stereocenters. The summed E-state index contributed by atoms with van der Waals surface area (Å²) in [5.41, 5.74) is 7.80. The normalized spacial score (nSPS) is 11.4. The predicted octanol–water partition coefficient (Wildman–Crippen LogP) is 1.22. The van der Waals surface area contributed by atoms with Gasteiger partial charge in [-0.3, -0.25) is 4.79 Å². The van der Waals surface area contributed by atoms with E-state index in [2.05, 4.69) is 11.4 Å². The Morgan fingerprint density at radius 3 is 2.83 bits per heavy atom. The van der Waals surface area contributed by atoms with Crippen molar-refractivity contribution >= 4 is 17.3 Å². The van der Waals surface area contributed by atoms with Crippen LogP contribution in [0.15, 0.2) is 18.2 Å². The number of nitrogens with zero attached hydrogens (tertiary/aromatic N) is 2. The van der Waals surface area contributed by atoms with Crippen LogP contribution in [0.25, 0.3) is 0 Å². The lowest BCUT2D eigenvalue weighted by molar-refractivity contribution is 0.0963. The number of nitriles is 1. The molecule has 0 radical (unpaired) electrons. The molecular formula is C13H18N4O. The van der Waals surface area contributed by atoms with Crippen molar-refractivity contribution < 1.29 is 4.79 Å². The lowest BCUT2D eigenvalue weighted by Crippen LogP contribution is -2.25. The largest absolute Gasteiger partial charge is 0.397 e. The molecule has 0 saturated carbocycles. The monoisotopic (exact) mass is 246 g/mol. The van der Waals surface area contributed by atoms with Gasteiger partial charge < -0.3 is 16.0 Å². The quantitative estimate of drug-likeness (QED) is 0.783. The molecule has 3 N–H and O–H groups in total. The number of hydrogen-bond donors (Lipinski definition) is 2. The Kier molecular flexibility index (Phi) is 4.55. The molecule has 0 fully saturated rings. The van der Waals surface area contributed by atoms with E-state index in [9.17, 15) is 4.79 Å². The van der Waals surface area contributed by atoms with Crippen molar-refractivity contribution in [3.8, 4) is 6.07 Å². The first-order chi connectivity index (χ1) is 8.49. The minimum absolute atomic E-state index is 0.0990. The maximum atomic E-state index is 11.6. The second-order valence-corrected chi connectivity index (χ2v) is 4.26. The first-order valence-corrected chi connectivity index (χ1v) is 5.72. The van der Waals surface area contributed by atoms with E-state index in [1.165, 1.54) is 0 Å². The van der Waals surface area contributed by atoms with Crippen LogP contribution in [-0.2, 0) is 0 Å². The van der Waals surface area contributed by atoms with Crippen LogP contribution in [0.3, 0.4) is 0 Å². The number of nitrogens with one attached hydrogen (secondary N) is 1. The Labute approximate surface area is 107 Å². The smallest absolute Gasteiger partial charge is 0.251 e. The van der Waals surface area contributed by atoms with Crippen molar-refractivity contribution in [2.24, 2.45) is 5.92 Å². The Balaban J connectivity index is 3.00. The third kappa shape index (κ3) is 3.14. The van der Waals surface area contributed by atoms with Crippen molar-refractivity contribution in [3.63, 3.8) is 0 Å². The summed E-state index contributed by atoms with van der Waals surface area (Å²) in [4.78, 5) is 13.4. The highest BCUT2D eigenvalue weighted by Crippen LogP contribution is 2.24. The second kappa shape index (κ2) is 5.92. The third-order valence-electron chi connectivity index (χ3n) is 2.70. The Bertz CT molecular complexity index is 478. The first kappa shape index (κ1) is 13.8. The van der Waals surface area contributed by atoms with Crippen molar-refractivity contribution in [2.75, 3.05) is 31.3 Å². The SMILES string of the molecule is CNC(=O)c1ccc(N)c(N(C)CC(C)C#N)c1. The Hall–Kier alpha value is -2.22. The van der Waals surface area contributed by atoms with Crippen LogP contribution in [0.5, 0.6) is 0 Å². The summed E-state index contributed by atoms with van der Waals surface area (Å²) in [6.07, 6.45) is 0. The van der Waals surface area contributed by atoms with Gasteiger partial charge in [-0.25, -0.2) is 0 Å². The first-order valence-electron chi connectivity index (χ1n) is 5.72. The maximum absolute atomic E-state index is 11.6. The molecule has 0 spiro atoms. The molecule has 1 unspecified atom stereocenters. The molecule has 0 heterocycles. The molecule has 0 aromatic heterocycles. The summed E-state index contributed by atoms with van der Waals surface area (Å²) >= 11 is 0. The van der Waals surface area contributed by atoms with Crippen LogP contribution in [0.1, 0.15) is 17.3 Å². The van der Waals surface area contributed by atoms with Gasteiger partial charge in [0.2, 0.25) is 0 Å². The van der Waals surface area contributed by atoms with Gasteiger partial charge in [0, 0.05) is 26.2 Å². The molecule has 96 valence electrons. The number of anilines is 2. The topological polar surface area (TPSA) is 82.2 Å². The standard InChI is InChI=1S/C13H18N4O/c1-9(7-14)8-17(3)12-6-10(13(18)16-2)4-5-11(12)15/h4-6,9H,8,15H2,1-3H3,(H,16,18). The molecule has 1 rings (SSSR count). The van der Waals surface area contributed by atoms with E-state index < -0.39 is 0 Å². The number of amides is 1. The van der Waals surface area contributed by atoms with Crippen molar-refractivity contribution in [1.82, 2.24) is 5.32 Å². The molecule has 0 aliphatic heterocycles. The lowest BCUT2D eigenvalue weighted by Gasteiger charge is -2.22. The molecule has 1 aromatic carbocycles. The zero-order valence-electron chi connectivity index (χ0n) is 10.9. The highest BCUT2D eigenvalue weighted by molar-refractivity contribution is 5.96. The summed E-state index contributed by atoms with van der Waals surface area (Å²) in [6.45, 7) is 2.41. The lowest BCUT2D eigenvalue weighted by atomic mass is 10.1. The van der Waals surface area contributed by atoms with Gasteiger partial charge in [0.05, 0.1) is 23.4 Å². The van der Waals surface area contributed by atoms with Crippen LogP contribution in [-0.4, -0.2) is 26.5 Å². The van der Waals surface area contributed by atoms with Gasteiger partial charge in [-0.05, 0) is 25.1 Å². The van der Waals surface area contributed by atoms with Crippen molar-refractivity contribution in [2.45, 2.75) is 6.92 Å². The number of rotatable bonds is 4. The number of carbonyl (C=O) groups is 1. The van der Waals surface area contributed by atoms with E-state index in [-0.39, 0.29) is 11.8 Å². The fourth-order valence-corrected chi connectivity index (χ4v) is 1.71. The molecular weight excluding hydrogens is 228 g/mol. The molecule has 5 nitrogen and oxygen atoms in total. The van der Waals surface area contributed by atoms with E-state index in [4.69, 9.17) is 11.0 Å². The fourth-order valence-electron chi connectivity index (χ4n) is 1.71. The second-order valence-electron chi connectivity index (χ2n) is 4.26. The summed E-state index contributed by atoms with van der Waals surface area (Å²) in [6, 6.07) is 7.29. The molecule has 1 amide bonds. The summed E-state index contributed by atoms with van der Waals surface area (Å²) in [5.74, 6) is -0.254. The van der Waals surface area contributed by atoms with Crippen LogP contribution in [0, 0.1) is 17.2 Å². The molecule has 0 bridgehead atoms. The number of nitrogens with two attached hydrogens (primary N) is 1. The van der Waals surface area contributed by atoms with Gasteiger partial charge in [-0.2, -0.15) is 5.26 Å². The molecule has 0 aliphatic carbocycles. The summed E-state index contributed by atoms with van der Waals surface area (Å²) < 4.78 is 0. The van der Waals surface area contributed by atoms with Crippen LogP contribution in [0.2, 0.25) is 0 Å². The van der Waals surface area contributed by atoms with Gasteiger partial charge in [0.15, 0.2) is 0 Å². The number of carbonyl (C=O) groups excluding carboxylic acids is 1. The van der Waals surface area contributed by atoms with Crippen molar-refractivity contribution in [1.29, 1.82) is 5.26 Å². The van der Waals surface area contributed by atoms with Gasteiger partial charge in [-0.1, -0.05) is 0 Å². The summed E-state index contributed by atoms with van der Waals surface area (Å²) in [5, 5.41) is 11.4. The predicted molar refractivity (Wildman–Crippen MR) is 72.3 cm³/mol. The van der Waals surface area contributed by atoms with Crippen molar-refractivity contribution in [3.05, 3.63) is 23.8 Å². The number of hydrogen-bond acceptors (Lipinski definition) is 4. The minimum atomic E-state index is -0.155. The van der Waals surface area contributed by atoms with Gasteiger partial charge in [-0.15, -0.1) is 0 Å². The van der Waals surface area contributed by atoms with Crippen LogP contribution in [0.4, 0.5) is 11.4 Å². The van der Waals surface area contributed by atoms with E-state index in [1.807, 2.05) is 18.9 Å². The van der Waals surface area contributed by atoms with Crippen LogP contribution < -0.4 is 16.0 Å². The molecule has 1 aromatic rings.